The van der Waals surface area contributed by atoms with E-state index in [-0.39, 0.29) is 5.75 Å². The third-order valence-electron chi connectivity index (χ3n) is 3.26. The van der Waals surface area contributed by atoms with Gasteiger partial charge in [-0.15, -0.1) is 0 Å². The third kappa shape index (κ3) is 3.55. The molecule has 2 rings (SSSR count). The van der Waals surface area contributed by atoms with E-state index in [1.165, 1.54) is 0 Å². The van der Waals surface area contributed by atoms with Gasteiger partial charge in [-0.2, -0.15) is 0 Å². The topological polar surface area (TPSA) is 55.4 Å². The fourth-order valence-electron chi connectivity index (χ4n) is 2.08. The van der Waals surface area contributed by atoms with Crippen molar-refractivity contribution in [2.24, 2.45) is 0 Å². The minimum Gasteiger partial charge on any atom is -0.496 e. The molecule has 0 aliphatic heterocycles. The molecule has 1 N–H and O–H groups in total. The van der Waals surface area contributed by atoms with E-state index < -0.39 is 9.84 Å². The molecule has 21 heavy (non-hydrogen) atoms. The lowest BCUT2D eigenvalue weighted by Crippen LogP contribution is -2.09. The molecule has 0 aliphatic rings. The van der Waals surface area contributed by atoms with Crippen LogP contribution < -0.4 is 10.1 Å². The fraction of sp³-hybridized carbons (Fsp3) is 0.250. The van der Waals surface area contributed by atoms with Gasteiger partial charge in [0.2, 0.25) is 0 Å². The Morgan fingerprint density at radius 2 is 1.71 bits per heavy atom. The number of rotatable bonds is 6. The molecule has 4 nitrogen and oxygen atoms in total. The zero-order valence-electron chi connectivity index (χ0n) is 12.2. The number of hydrogen-bond acceptors (Lipinski definition) is 4. The van der Waals surface area contributed by atoms with Crippen LogP contribution in [0.2, 0.25) is 0 Å². The van der Waals surface area contributed by atoms with Crippen LogP contribution in [-0.4, -0.2) is 21.3 Å². The highest BCUT2D eigenvalue weighted by Gasteiger charge is 2.16. The number of hydrogen-bond donors (Lipinski definition) is 1. The first-order valence-electron chi connectivity index (χ1n) is 6.76. The minimum atomic E-state index is -3.24. The lowest BCUT2D eigenvalue weighted by Gasteiger charge is -2.13. The van der Waals surface area contributed by atoms with Crippen molar-refractivity contribution >= 4 is 15.5 Å². The fourth-order valence-corrected chi connectivity index (χ4v) is 3.15. The molecular weight excluding hydrogens is 286 g/mol. The number of methoxy groups -OCH3 is 1. The Kier molecular flexibility index (Phi) is 4.85. The van der Waals surface area contributed by atoms with Crippen molar-refractivity contribution in [1.82, 2.24) is 0 Å². The standard InChI is InChI=1S/C16H19NO3S/c1-3-21(18,19)16-11-7-5-9-14(16)17-12-13-8-4-6-10-15(13)20-2/h4-11,17H,3,12H2,1-2H3. The molecule has 2 aromatic rings. The normalized spacial score (nSPS) is 11.1. The average molecular weight is 305 g/mol. The first-order valence-corrected chi connectivity index (χ1v) is 8.41. The van der Waals surface area contributed by atoms with Crippen molar-refractivity contribution in [2.75, 3.05) is 18.2 Å². The molecule has 0 radical (unpaired) electrons. The summed E-state index contributed by atoms with van der Waals surface area (Å²) >= 11 is 0. The Bertz CT molecular complexity index is 711. The van der Waals surface area contributed by atoms with Gasteiger partial charge in [-0.05, 0) is 18.2 Å². The molecule has 0 aromatic heterocycles. The number of benzene rings is 2. The van der Waals surface area contributed by atoms with Crippen molar-refractivity contribution in [1.29, 1.82) is 0 Å². The summed E-state index contributed by atoms with van der Waals surface area (Å²) in [6.07, 6.45) is 0. The molecule has 0 heterocycles. The second-order valence-electron chi connectivity index (χ2n) is 4.56. The Morgan fingerprint density at radius 1 is 1.05 bits per heavy atom. The van der Waals surface area contributed by atoms with Crippen LogP contribution in [-0.2, 0) is 16.4 Å². The number of sulfone groups is 1. The maximum atomic E-state index is 12.1. The average Bonchev–Trinajstić information content (AvgIpc) is 2.53. The van der Waals surface area contributed by atoms with Crippen molar-refractivity contribution in [3.05, 3.63) is 54.1 Å². The van der Waals surface area contributed by atoms with Gasteiger partial charge in [0.25, 0.3) is 0 Å². The number of ether oxygens (including phenoxy) is 1. The van der Waals surface area contributed by atoms with Crippen molar-refractivity contribution < 1.29 is 13.2 Å². The van der Waals surface area contributed by atoms with E-state index in [1.54, 1.807) is 32.2 Å². The van der Waals surface area contributed by atoms with Gasteiger partial charge < -0.3 is 10.1 Å². The summed E-state index contributed by atoms with van der Waals surface area (Å²) < 4.78 is 29.5. The summed E-state index contributed by atoms with van der Waals surface area (Å²) in [6.45, 7) is 2.15. The molecule has 0 atom stereocenters. The van der Waals surface area contributed by atoms with E-state index in [9.17, 15) is 8.42 Å². The summed E-state index contributed by atoms with van der Waals surface area (Å²) in [7, 11) is -1.62. The summed E-state index contributed by atoms with van der Waals surface area (Å²) in [5.41, 5.74) is 1.59. The van der Waals surface area contributed by atoms with Gasteiger partial charge in [-0.1, -0.05) is 37.3 Å². The van der Waals surface area contributed by atoms with E-state index >= 15 is 0 Å². The van der Waals surface area contributed by atoms with E-state index in [1.807, 2.05) is 30.3 Å². The van der Waals surface area contributed by atoms with Gasteiger partial charge in [-0.25, -0.2) is 8.42 Å². The molecule has 2 aromatic carbocycles. The Hall–Kier alpha value is -2.01. The van der Waals surface area contributed by atoms with Crippen molar-refractivity contribution in [3.63, 3.8) is 0 Å². The van der Waals surface area contributed by atoms with Gasteiger partial charge in [0.15, 0.2) is 9.84 Å². The molecule has 0 saturated carbocycles. The highest BCUT2D eigenvalue weighted by Crippen LogP contribution is 2.24. The highest BCUT2D eigenvalue weighted by molar-refractivity contribution is 7.91. The predicted molar refractivity (Wildman–Crippen MR) is 84.5 cm³/mol. The van der Waals surface area contributed by atoms with Crippen LogP contribution in [0.25, 0.3) is 0 Å². The molecule has 0 fully saturated rings. The zero-order chi connectivity index (χ0) is 15.3. The Labute approximate surface area is 125 Å². The molecule has 112 valence electrons. The summed E-state index contributed by atoms with van der Waals surface area (Å²) in [5, 5.41) is 3.19. The van der Waals surface area contributed by atoms with Crippen LogP contribution in [0.15, 0.2) is 53.4 Å². The van der Waals surface area contributed by atoms with Crippen LogP contribution in [0.5, 0.6) is 5.75 Å². The van der Waals surface area contributed by atoms with Crippen molar-refractivity contribution in [2.45, 2.75) is 18.4 Å². The largest absolute Gasteiger partial charge is 0.496 e. The van der Waals surface area contributed by atoms with Crippen LogP contribution in [0.1, 0.15) is 12.5 Å². The van der Waals surface area contributed by atoms with Crippen LogP contribution in [0, 0.1) is 0 Å². The summed E-state index contributed by atoms with van der Waals surface area (Å²) in [5.74, 6) is 0.862. The van der Waals surface area contributed by atoms with E-state index in [0.717, 1.165) is 11.3 Å². The smallest absolute Gasteiger partial charge is 0.180 e. The number of anilines is 1. The summed E-state index contributed by atoms with van der Waals surface area (Å²) in [4.78, 5) is 0.336. The Balaban J connectivity index is 2.25. The number of nitrogens with one attached hydrogen (secondary N) is 1. The van der Waals surface area contributed by atoms with Crippen molar-refractivity contribution in [3.8, 4) is 5.75 Å². The van der Waals surface area contributed by atoms with Gasteiger partial charge in [0, 0.05) is 12.1 Å². The minimum absolute atomic E-state index is 0.0837. The quantitative estimate of drug-likeness (QED) is 0.891. The SMILES string of the molecule is CCS(=O)(=O)c1ccccc1NCc1ccccc1OC. The molecule has 0 aliphatic carbocycles. The van der Waals surface area contributed by atoms with E-state index in [2.05, 4.69) is 5.32 Å². The van der Waals surface area contributed by atoms with Gasteiger partial charge in [0.05, 0.1) is 23.4 Å². The molecule has 0 amide bonds. The Morgan fingerprint density at radius 3 is 2.43 bits per heavy atom. The lowest BCUT2D eigenvalue weighted by molar-refractivity contribution is 0.410. The molecule has 0 spiro atoms. The highest BCUT2D eigenvalue weighted by atomic mass is 32.2. The number of para-hydroxylation sites is 2. The monoisotopic (exact) mass is 305 g/mol. The van der Waals surface area contributed by atoms with Gasteiger partial charge in [-0.3, -0.25) is 0 Å². The summed E-state index contributed by atoms with van der Waals surface area (Å²) in [6, 6.07) is 14.6. The molecule has 0 bridgehead atoms. The molecule has 0 saturated heterocycles. The van der Waals surface area contributed by atoms with E-state index in [4.69, 9.17) is 4.74 Å². The maximum Gasteiger partial charge on any atom is 0.180 e. The van der Waals surface area contributed by atoms with Gasteiger partial charge in [0.1, 0.15) is 5.75 Å². The maximum absolute atomic E-state index is 12.1. The van der Waals surface area contributed by atoms with E-state index in [0.29, 0.717) is 17.1 Å². The first kappa shape index (κ1) is 15.4. The van der Waals surface area contributed by atoms with Gasteiger partial charge >= 0.3 is 0 Å². The second-order valence-corrected chi connectivity index (χ2v) is 6.81. The lowest BCUT2D eigenvalue weighted by atomic mass is 10.2. The predicted octanol–water partition coefficient (Wildman–Crippen LogP) is 3.10. The van der Waals surface area contributed by atoms with Crippen LogP contribution in [0.3, 0.4) is 0 Å². The molecule has 0 unspecified atom stereocenters. The first-order chi connectivity index (χ1) is 10.1. The molecular formula is C16H19NO3S. The van der Waals surface area contributed by atoms with Crippen LogP contribution in [0.4, 0.5) is 5.69 Å². The second kappa shape index (κ2) is 6.63. The molecule has 5 heteroatoms. The zero-order valence-corrected chi connectivity index (χ0v) is 13.0. The third-order valence-corrected chi connectivity index (χ3v) is 5.05. The van der Waals surface area contributed by atoms with Crippen LogP contribution >= 0.6 is 0 Å².